The van der Waals surface area contributed by atoms with Crippen molar-refractivity contribution in [3.63, 3.8) is 0 Å². The molecule has 102 valence electrons. The van der Waals surface area contributed by atoms with E-state index < -0.39 is 42.7 Å². The summed E-state index contributed by atoms with van der Waals surface area (Å²) in [5, 5.41) is 0. The molecule has 0 saturated heterocycles. The number of hydrogen-bond acceptors (Lipinski definition) is 0. The van der Waals surface area contributed by atoms with Crippen LogP contribution in [-0.2, 0) is 0 Å². The third-order valence-corrected chi connectivity index (χ3v) is 3.18. The molecule has 1 aliphatic carbocycles. The van der Waals surface area contributed by atoms with Crippen molar-refractivity contribution in [2.75, 3.05) is 0 Å². The van der Waals surface area contributed by atoms with E-state index in [9.17, 15) is 30.7 Å². The number of rotatable bonds is 3. The van der Waals surface area contributed by atoms with Gasteiger partial charge in [-0.15, -0.1) is 0 Å². The first kappa shape index (κ1) is 14.6. The zero-order valence-electron chi connectivity index (χ0n) is 9.18. The van der Waals surface area contributed by atoms with Gasteiger partial charge in [-0.2, -0.15) is 26.3 Å². The molecule has 0 bridgehead atoms. The quantitative estimate of drug-likeness (QED) is 0.656. The van der Waals surface area contributed by atoms with Crippen LogP contribution in [0.2, 0.25) is 0 Å². The molecule has 1 saturated carbocycles. The Morgan fingerprint density at radius 2 is 1.35 bits per heavy atom. The van der Waals surface area contributed by atoms with E-state index in [1.165, 1.54) is 0 Å². The molecular weight excluding hydrogens is 253 g/mol. The molecule has 0 nitrogen and oxygen atoms in total. The molecule has 1 aliphatic rings. The zero-order valence-corrected chi connectivity index (χ0v) is 9.18. The lowest BCUT2D eigenvalue weighted by molar-refractivity contribution is -0.369. The summed E-state index contributed by atoms with van der Waals surface area (Å²) >= 11 is 0. The van der Waals surface area contributed by atoms with Crippen molar-refractivity contribution < 1.29 is 30.7 Å². The van der Waals surface area contributed by atoms with Crippen LogP contribution in [0.25, 0.3) is 0 Å². The van der Waals surface area contributed by atoms with Crippen molar-refractivity contribution in [3.8, 4) is 0 Å². The van der Waals surface area contributed by atoms with Crippen molar-refractivity contribution in [2.24, 2.45) is 0 Å². The highest BCUT2D eigenvalue weighted by Gasteiger charge is 2.81. The van der Waals surface area contributed by atoms with Gasteiger partial charge in [-0.3, -0.25) is 0 Å². The summed E-state index contributed by atoms with van der Waals surface area (Å²) < 4.78 is 91.7. The second kappa shape index (κ2) is 4.02. The molecule has 0 N–H and O–H groups in total. The number of halogens is 7. The Morgan fingerprint density at radius 1 is 0.824 bits per heavy atom. The van der Waals surface area contributed by atoms with E-state index in [4.69, 9.17) is 0 Å². The van der Waals surface area contributed by atoms with Crippen LogP contribution in [0, 0.1) is 0 Å². The topological polar surface area (TPSA) is 0 Å². The van der Waals surface area contributed by atoms with Crippen molar-refractivity contribution in [1.29, 1.82) is 0 Å². The fourth-order valence-corrected chi connectivity index (χ4v) is 1.92. The van der Waals surface area contributed by atoms with E-state index in [-0.39, 0.29) is 6.42 Å². The molecule has 1 atom stereocenters. The summed E-state index contributed by atoms with van der Waals surface area (Å²) in [6, 6.07) is 0. The normalized spacial score (nSPS) is 34.6. The van der Waals surface area contributed by atoms with Gasteiger partial charge in [0, 0.05) is 6.42 Å². The third-order valence-electron chi connectivity index (χ3n) is 3.18. The molecule has 0 aromatic rings. The minimum Gasteiger partial charge on any atom is -0.237 e. The van der Waals surface area contributed by atoms with Crippen LogP contribution in [0.1, 0.15) is 39.0 Å². The van der Waals surface area contributed by atoms with Gasteiger partial charge in [0.25, 0.3) is 0 Å². The molecule has 0 amide bonds. The van der Waals surface area contributed by atoms with Gasteiger partial charge in [0.05, 0.1) is 0 Å². The molecule has 0 spiro atoms. The Balaban J connectivity index is 3.07. The van der Waals surface area contributed by atoms with Crippen LogP contribution >= 0.6 is 0 Å². The highest BCUT2D eigenvalue weighted by Crippen LogP contribution is 2.60. The van der Waals surface area contributed by atoms with Gasteiger partial charge >= 0.3 is 17.8 Å². The lowest BCUT2D eigenvalue weighted by Gasteiger charge is -2.45. The lowest BCUT2D eigenvalue weighted by Crippen LogP contribution is -2.67. The predicted molar refractivity (Wildman–Crippen MR) is 47.4 cm³/mol. The molecule has 1 rings (SSSR count). The minimum atomic E-state index is -5.64. The van der Waals surface area contributed by atoms with E-state index >= 15 is 0 Å². The molecule has 0 aromatic heterocycles. The maximum absolute atomic E-state index is 13.8. The summed E-state index contributed by atoms with van der Waals surface area (Å²) in [5.74, 6) is -15.8. The SMILES string of the molecule is CCCCC1(F)CCC(F)(F)C(F)(F)C1(F)F. The largest absolute Gasteiger partial charge is 0.375 e. The Hall–Kier alpha value is -0.490. The van der Waals surface area contributed by atoms with Crippen LogP contribution in [0.5, 0.6) is 0 Å². The smallest absolute Gasteiger partial charge is 0.237 e. The zero-order chi connectivity index (χ0) is 13.5. The van der Waals surface area contributed by atoms with Crippen molar-refractivity contribution in [1.82, 2.24) is 0 Å². The molecule has 0 heterocycles. The van der Waals surface area contributed by atoms with Crippen molar-refractivity contribution in [2.45, 2.75) is 62.5 Å². The van der Waals surface area contributed by atoms with E-state index in [0.29, 0.717) is 6.42 Å². The first-order valence-electron chi connectivity index (χ1n) is 5.34. The average molecular weight is 266 g/mol. The van der Waals surface area contributed by atoms with Crippen molar-refractivity contribution in [3.05, 3.63) is 0 Å². The van der Waals surface area contributed by atoms with E-state index in [1.807, 2.05) is 0 Å². The van der Waals surface area contributed by atoms with E-state index in [2.05, 4.69) is 0 Å². The molecule has 7 heteroatoms. The molecule has 1 unspecified atom stereocenters. The summed E-state index contributed by atoms with van der Waals surface area (Å²) in [6.45, 7) is 1.57. The van der Waals surface area contributed by atoms with Crippen LogP contribution < -0.4 is 0 Å². The first-order valence-corrected chi connectivity index (χ1v) is 5.34. The van der Waals surface area contributed by atoms with Gasteiger partial charge in [0.2, 0.25) is 0 Å². The monoisotopic (exact) mass is 266 g/mol. The van der Waals surface area contributed by atoms with Gasteiger partial charge in [-0.1, -0.05) is 19.8 Å². The minimum absolute atomic E-state index is 0.0479. The van der Waals surface area contributed by atoms with Crippen LogP contribution in [-0.4, -0.2) is 23.4 Å². The molecule has 0 radical (unpaired) electrons. The number of unbranched alkanes of at least 4 members (excludes halogenated alkanes) is 1. The fraction of sp³-hybridized carbons (Fsp3) is 1.00. The summed E-state index contributed by atoms with van der Waals surface area (Å²) in [6.07, 6.45) is -3.36. The van der Waals surface area contributed by atoms with Gasteiger partial charge < -0.3 is 0 Å². The Morgan fingerprint density at radius 3 is 1.82 bits per heavy atom. The average Bonchev–Trinajstić information content (AvgIpc) is 2.21. The van der Waals surface area contributed by atoms with Crippen LogP contribution in [0.15, 0.2) is 0 Å². The van der Waals surface area contributed by atoms with E-state index in [0.717, 1.165) is 0 Å². The number of hydrogen-bond donors (Lipinski definition) is 0. The summed E-state index contributed by atoms with van der Waals surface area (Å²) in [5.41, 5.74) is -3.55. The Labute approximate surface area is 94.2 Å². The summed E-state index contributed by atoms with van der Waals surface area (Å²) in [4.78, 5) is 0. The predicted octanol–water partition coefficient (Wildman–Crippen LogP) is 4.58. The molecule has 1 fully saturated rings. The van der Waals surface area contributed by atoms with Gasteiger partial charge in [-0.05, 0) is 12.8 Å². The van der Waals surface area contributed by atoms with Crippen LogP contribution in [0.3, 0.4) is 0 Å². The molecular formula is C10H13F7. The lowest BCUT2D eigenvalue weighted by atomic mass is 9.75. The van der Waals surface area contributed by atoms with Crippen LogP contribution in [0.4, 0.5) is 30.7 Å². The second-order valence-electron chi connectivity index (χ2n) is 4.42. The Kier molecular flexibility index (Phi) is 3.44. The maximum Gasteiger partial charge on any atom is 0.375 e. The van der Waals surface area contributed by atoms with E-state index in [1.54, 1.807) is 6.92 Å². The van der Waals surface area contributed by atoms with Gasteiger partial charge in [-0.25, -0.2) is 4.39 Å². The molecule has 17 heavy (non-hydrogen) atoms. The van der Waals surface area contributed by atoms with Gasteiger partial charge in [0.1, 0.15) is 0 Å². The van der Waals surface area contributed by atoms with Crippen molar-refractivity contribution >= 4 is 0 Å². The highest BCUT2D eigenvalue weighted by molar-refractivity contribution is 5.12. The Bertz CT molecular complexity index is 286. The fourth-order valence-electron chi connectivity index (χ4n) is 1.92. The standard InChI is InChI=1S/C10H13F7/c1-2-3-4-7(11)5-6-8(12,13)10(16,17)9(7,14)15/h2-6H2,1H3. The molecule has 0 aromatic carbocycles. The number of alkyl halides is 7. The highest BCUT2D eigenvalue weighted by atomic mass is 19.3. The second-order valence-corrected chi connectivity index (χ2v) is 4.42. The third kappa shape index (κ3) is 1.91. The molecule has 0 aliphatic heterocycles. The first-order chi connectivity index (χ1) is 7.52. The van der Waals surface area contributed by atoms with Gasteiger partial charge in [0.15, 0.2) is 5.67 Å². The maximum atomic E-state index is 13.8. The summed E-state index contributed by atoms with van der Waals surface area (Å²) in [7, 11) is 0.